The number of nitrogens with zero attached hydrogens (tertiary/aromatic N) is 4. The highest BCUT2D eigenvalue weighted by atomic mass is 32.2. The minimum Gasteiger partial charge on any atom is -0.330 e. The van der Waals surface area contributed by atoms with Crippen molar-refractivity contribution < 1.29 is 18.0 Å². The Balaban J connectivity index is 1.73. The predicted octanol–water partition coefficient (Wildman–Crippen LogP) is 4.58. The van der Waals surface area contributed by atoms with Crippen molar-refractivity contribution in [2.45, 2.75) is 6.18 Å². The Hall–Kier alpha value is -3.05. The Labute approximate surface area is 179 Å². The van der Waals surface area contributed by atoms with Crippen LogP contribution in [0.25, 0.3) is 17.5 Å². The molecule has 154 valence electrons. The van der Waals surface area contributed by atoms with E-state index in [1.807, 2.05) is 0 Å². The highest BCUT2D eigenvalue weighted by molar-refractivity contribution is 8.26. The molecule has 0 saturated heterocycles. The first-order valence-electron chi connectivity index (χ1n) is 8.41. The molecule has 0 aliphatic rings. The van der Waals surface area contributed by atoms with E-state index in [9.17, 15) is 18.0 Å². The number of halogens is 3. The van der Waals surface area contributed by atoms with Gasteiger partial charge >= 0.3 is 6.18 Å². The van der Waals surface area contributed by atoms with Crippen LogP contribution in [0.15, 0.2) is 53.4 Å². The SMILES string of the molecule is CN(C(=S)S/C(C=O)=C\c1ccc(-c2nn[nH]n2)cc1)c1cccc(C(F)(F)F)c1. The number of thiocarbonyl (C=S) groups is 1. The molecule has 0 radical (unpaired) electrons. The van der Waals surface area contributed by atoms with Gasteiger partial charge in [0, 0.05) is 18.3 Å². The monoisotopic (exact) mass is 449 g/mol. The largest absolute Gasteiger partial charge is 0.416 e. The Morgan fingerprint density at radius 1 is 1.20 bits per heavy atom. The van der Waals surface area contributed by atoms with E-state index in [4.69, 9.17) is 12.2 Å². The quantitative estimate of drug-likeness (QED) is 0.347. The van der Waals surface area contributed by atoms with E-state index in [-0.39, 0.29) is 10.0 Å². The lowest BCUT2D eigenvalue weighted by molar-refractivity contribution is -0.137. The van der Waals surface area contributed by atoms with E-state index < -0.39 is 11.7 Å². The molecule has 1 aromatic heterocycles. The van der Waals surface area contributed by atoms with E-state index in [2.05, 4.69) is 20.6 Å². The molecule has 0 aliphatic heterocycles. The number of nitrogens with one attached hydrogen (secondary N) is 1. The number of anilines is 1. The van der Waals surface area contributed by atoms with Gasteiger partial charge in [0.25, 0.3) is 0 Å². The fraction of sp³-hybridized carbons (Fsp3) is 0.105. The normalized spacial score (nSPS) is 11.9. The fourth-order valence-corrected chi connectivity index (χ4v) is 3.51. The predicted molar refractivity (Wildman–Crippen MR) is 114 cm³/mol. The van der Waals surface area contributed by atoms with Gasteiger partial charge in [-0.1, -0.05) is 54.3 Å². The molecule has 11 heteroatoms. The molecule has 3 rings (SSSR count). The lowest BCUT2D eigenvalue weighted by Crippen LogP contribution is -2.22. The summed E-state index contributed by atoms with van der Waals surface area (Å²) in [6, 6.07) is 11.9. The number of hydrogen-bond donors (Lipinski definition) is 1. The Bertz CT molecular complexity index is 1070. The van der Waals surface area contributed by atoms with E-state index >= 15 is 0 Å². The summed E-state index contributed by atoms with van der Waals surface area (Å²) in [5.41, 5.74) is 0.993. The maximum Gasteiger partial charge on any atom is 0.416 e. The number of allylic oxidation sites excluding steroid dienone is 1. The molecular weight excluding hydrogens is 435 g/mol. The minimum absolute atomic E-state index is 0.232. The van der Waals surface area contributed by atoms with E-state index in [0.29, 0.717) is 17.0 Å². The maximum absolute atomic E-state index is 12.9. The van der Waals surface area contributed by atoms with Crippen LogP contribution in [0.2, 0.25) is 0 Å². The summed E-state index contributed by atoms with van der Waals surface area (Å²) < 4.78 is 39.0. The van der Waals surface area contributed by atoms with Crippen molar-refractivity contribution in [2.24, 2.45) is 0 Å². The van der Waals surface area contributed by atoms with Crippen LogP contribution in [0.3, 0.4) is 0 Å². The summed E-state index contributed by atoms with van der Waals surface area (Å²) in [5.74, 6) is 0.444. The standard InChI is InChI=1S/C19H14F3N5OS2/c1-27(15-4-2-3-14(10-15)19(20,21)22)18(29)30-16(11-28)9-12-5-7-13(8-6-12)17-23-25-26-24-17/h2-11H,1H3,(H,23,24,25,26)/b16-9-. The number of tetrazole rings is 1. The van der Waals surface area contributed by atoms with Gasteiger partial charge in [-0.3, -0.25) is 4.79 Å². The fourth-order valence-electron chi connectivity index (χ4n) is 2.43. The van der Waals surface area contributed by atoms with Crippen LogP contribution in [-0.4, -0.2) is 38.3 Å². The first-order valence-corrected chi connectivity index (χ1v) is 9.64. The highest BCUT2D eigenvalue weighted by Crippen LogP contribution is 2.32. The van der Waals surface area contributed by atoms with Gasteiger partial charge in [-0.2, -0.15) is 18.4 Å². The van der Waals surface area contributed by atoms with Crippen LogP contribution < -0.4 is 4.90 Å². The number of hydrogen-bond acceptors (Lipinski definition) is 6. The molecule has 0 spiro atoms. The van der Waals surface area contributed by atoms with E-state index in [1.165, 1.54) is 17.0 Å². The summed E-state index contributed by atoms with van der Waals surface area (Å²) in [5, 5.41) is 13.6. The molecule has 0 bridgehead atoms. The zero-order valence-corrected chi connectivity index (χ0v) is 17.1. The number of H-pyrrole nitrogens is 1. The van der Waals surface area contributed by atoms with Crippen molar-refractivity contribution in [1.29, 1.82) is 0 Å². The average Bonchev–Trinajstić information content (AvgIpc) is 3.27. The van der Waals surface area contributed by atoms with Crippen LogP contribution in [-0.2, 0) is 11.0 Å². The van der Waals surface area contributed by atoms with Gasteiger partial charge in [0.15, 0.2) is 6.29 Å². The summed E-state index contributed by atoms with van der Waals surface area (Å²) in [6.07, 6.45) is -2.18. The number of thioether (sulfide) groups is 1. The van der Waals surface area contributed by atoms with Crippen LogP contribution in [0.1, 0.15) is 11.1 Å². The molecule has 3 aromatic rings. The third-order valence-corrected chi connectivity index (χ3v) is 5.40. The van der Waals surface area contributed by atoms with Gasteiger partial charge in [-0.15, -0.1) is 10.2 Å². The number of rotatable bonds is 5. The van der Waals surface area contributed by atoms with Gasteiger partial charge in [0.2, 0.25) is 5.82 Å². The van der Waals surface area contributed by atoms with Gasteiger partial charge in [0.05, 0.1) is 10.5 Å². The number of aldehydes is 1. The smallest absolute Gasteiger partial charge is 0.330 e. The van der Waals surface area contributed by atoms with Crippen molar-refractivity contribution in [3.05, 3.63) is 64.6 Å². The van der Waals surface area contributed by atoms with Gasteiger partial charge < -0.3 is 4.90 Å². The summed E-state index contributed by atoms with van der Waals surface area (Å²) in [6.45, 7) is 0. The second-order valence-corrected chi connectivity index (χ2v) is 7.70. The van der Waals surface area contributed by atoms with Crippen LogP contribution in [0.5, 0.6) is 0 Å². The van der Waals surface area contributed by atoms with Gasteiger partial charge in [-0.25, -0.2) is 0 Å². The zero-order valence-electron chi connectivity index (χ0n) is 15.4. The molecule has 0 amide bonds. The summed E-state index contributed by atoms with van der Waals surface area (Å²) in [7, 11) is 1.55. The second-order valence-electron chi connectivity index (χ2n) is 6.00. The first kappa shape index (κ1) is 21.7. The molecule has 0 atom stereocenters. The number of alkyl halides is 3. The first-order chi connectivity index (χ1) is 14.3. The number of aromatic nitrogens is 4. The molecule has 6 nitrogen and oxygen atoms in total. The van der Waals surface area contributed by atoms with E-state index in [0.717, 1.165) is 35.0 Å². The summed E-state index contributed by atoms with van der Waals surface area (Å²) in [4.78, 5) is 13.2. The third kappa shape index (κ3) is 5.30. The number of carbonyl (C=O) groups is 1. The van der Waals surface area contributed by atoms with Gasteiger partial charge in [-0.05, 0) is 35.1 Å². The highest BCUT2D eigenvalue weighted by Gasteiger charge is 2.30. The molecule has 30 heavy (non-hydrogen) atoms. The van der Waals surface area contributed by atoms with Crippen LogP contribution >= 0.6 is 24.0 Å². The molecule has 2 aromatic carbocycles. The van der Waals surface area contributed by atoms with Crippen molar-refractivity contribution >= 4 is 46.3 Å². The molecular formula is C19H14F3N5OS2. The molecule has 0 fully saturated rings. The molecule has 1 N–H and O–H groups in total. The van der Waals surface area contributed by atoms with Gasteiger partial charge in [0.1, 0.15) is 4.32 Å². The maximum atomic E-state index is 12.9. The van der Waals surface area contributed by atoms with Crippen molar-refractivity contribution in [3.63, 3.8) is 0 Å². The Morgan fingerprint density at radius 3 is 2.53 bits per heavy atom. The zero-order chi connectivity index (χ0) is 21.7. The Morgan fingerprint density at radius 2 is 1.93 bits per heavy atom. The lowest BCUT2D eigenvalue weighted by atomic mass is 10.1. The minimum atomic E-state index is -4.45. The van der Waals surface area contributed by atoms with Crippen LogP contribution in [0, 0.1) is 0 Å². The topological polar surface area (TPSA) is 74.8 Å². The Kier molecular flexibility index (Phi) is 6.63. The summed E-state index contributed by atoms with van der Waals surface area (Å²) >= 11 is 6.30. The van der Waals surface area contributed by atoms with Crippen molar-refractivity contribution in [1.82, 2.24) is 20.6 Å². The second kappa shape index (κ2) is 9.18. The van der Waals surface area contributed by atoms with Crippen molar-refractivity contribution in [3.8, 4) is 11.4 Å². The molecule has 0 unspecified atom stereocenters. The van der Waals surface area contributed by atoms with E-state index in [1.54, 1.807) is 37.4 Å². The molecule has 0 saturated carbocycles. The van der Waals surface area contributed by atoms with Crippen molar-refractivity contribution in [2.75, 3.05) is 11.9 Å². The number of aromatic amines is 1. The number of carbonyl (C=O) groups excluding carboxylic acids is 1. The lowest BCUT2D eigenvalue weighted by Gasteiger charge is -2.20. The number of benzene rings is 2. The third-order valence-electron chi connectivity index (χ3n) is 3.98. The molecule has 0 aliphatic carbocycles. The van der Waals surface area contributed by atoms with Crippen LogP contribution in [0.4, 0.5) is 18.9 Å². The average molecular weight is 449 g/mol. The molecule has 1 heterocycles.